The Morgan fingerprint density at radius 1 is 1.36 bits per heavy atom. The van der Waals surface area contributed by atoms with Crippen LogP contribution in [0.4, 0.5) is 0 Å². The molecule has 0 bridgehead atoms. The van der Waals surface area contributed by atoms with Crippen LogP contribution >= 0.6 is 27.7 Å². The average molecular weight is 419 g/mol. The molecule has 1 unspecified atom stereocenters. The predicted molar refractivity (Wildman–Crippen MR) is 105 cm³/mol. The number of thioether (sulfide) groups is 1. The van der Waals surface area contributed by atoms with E-state index < -0.39 is 0 Å². The van der Waals surface area contributed by atoms with Gasteiger partial charge in [-0.2, -0.15) is 0 Å². The van der Waals surface area contributed by atoms with Crippen LogP contribution in [0.15, 0.2) is 41.0 Å². The van der Waals surface area contributed by atoms with Gasteiger partial charge >= 0.3 is 0 Å². The van der Waals surface area contributed by atoms with Gasteiger partial charge in [-0.15, -0.1) is 11.8 Å². The maximum atomic E-state index is 5.92. The molecule has 0 spiro atoms. The number of rotatable bonds is 5. The zero-order valence-electron chi connectivity index (χ0n) is 13.9. The molecule has 130 valence electrons. The Bertz CT molecular complexity index is 875. The summed E-state index contributed by atoms with van der Waals surface area (Å²) >= 11 is 5.42. The quantitative estimate of drug-likeness (QED) is 0.686. The van der Waals surface area contributed by atoms with Gasteiger partial charge in [0.1, 0.15) is 23.7 Å². The molecule has 0 radical (unpaired) electrons. The molecule has 1 N–H and O–H groups in total. The molecule has 1 fully saturated rings. The number of imidazole rings is 1. The van der Waals surface area contributed by atoms with Gasteiger partial charge in [0, 0.05) is 35.4 Å². The molecule has 25 heavy (non-hydrogen) atoms. The van der Waals surface area contributed by atoms with Crippen LogP contribution in [0, 0.1) is 0 Å². The number of benzene rings is 1. The van der Waals surface area contributed by atoms with Gasteiger partial charge in [0.15, 0.2) is 5.65 Å². The van der Waals surface area contributed by atoms with Gasteiger partial charge in [0.2, 0.25) is 0 Å². The number of pyridine rings is 1. The Kier molecular flexibility index (Phi) is 4.96. The second-order valence-corrected chi connectivity index (χ2v) is 8.31. The van der Waals surface area contributed by atoms with E-state index in [9.17, 15) is 0 Å². The SMILES string of the molecule is Cn1c(COc2ccc(CC3CNCS3)cc2)nc2cc(Br)cnc21. The van der Waals surface area contributed by atoms with Crippen LogP contribution in [-0.4, -0.2) is 32.2 Å². The Morgan fingerprint density at radius 3 is 2.96 bits per heavy atom. The number of halogens is 1. The first-order chi connectivity index (χ1) is 12.2. The molecule has 3 aromatic rings. The zero-order valence-corrected chi connectivity index (χ0v) is 16.3. The number of aryl methyl sites for hydroxylation is 1. The first kappa shape index (κ1) is 16.9. The van der Waals surface area contributed by atoms with Gasteiger partial charge < -0.3 is 14.6 Å². The summed E-state index contributed by atoms with van der Waals surface area (Å²) in [5.41, 5.74) is 3.08. The van der Waals surface area contributed by atoms with Crippen molar-refractivity contribution in [1.82, 2.24) is 19.9 Å². The fourth-order valence-corrected chi connectivity index (χ4v) is 4.28. The summed E-state index contributed by atoms with van der Waals surface area (Å²) in [6, 6.07) is 10.4. The summed E-state index contributed by atoms with van der Waals surface area (Å²) in [6.45, 7) is 1.52. The topological polar surface area (TPSA) is 52.0 Å². The lowest BCUT2D eigenvalue weighted by Crippen LogP contribution is -2.14. The number of ether oxygens (including phenoxy) is 1. The van der Waals surface area contributed by atoms with Gasteiger partial charge in [-0.05, 0) is 46.1 Å². The molecular weight excluding hydrogens is 400 g/mol. The Hall–Kier alpha value is -1.57. The molecule has 1 aliphatic rings. The van der Waals surface area contributed by atoms with Crippen LogP contribution in [0.2, 0.25) is 0 Å². The minimum absolute atomic E-state index is 0.423. The summed E-state index contributed by atoms with van der Waals surface area (Å²) in [6.07, 6.45) is 2.88. The standard InChI is InChI=1S/C18H19BrN4OS/c1-23-17(22-16-7-13(19)8-21-18(16)23)10-24-14-4-2-12(3-5-14)6-15-9-20-11-25-15/h2-5,7-8,15,20H,6,9-11H2,1H3. The van der Waals surface area contributed by atoms with Crippen molar-refractivity contribution in [2.24, 2.45) is 7.05 Å². The van der Waals surface area contributed by atoms with E-state index in [0.29, 0.717) is 11.9 Å². The highest BCUT2D eigenvalue weighted by Crippen LogP contribution is 2.22. The second-order valence-electron chi connectivity index (χ2n) is 6.11. The van der Waals surface area contributed by atoms with Crippen LogP contribution in [0.3, 0.4) is 0 Å². The third-order valence-electron chi connectivity index (χ3n) is 4.32. The van der Waals surface area contributed by atoms with Crippen LogP contribution in [0.5, 0.6) is 5.75 Å². The van der Waals surface area contributed by atoms with Crippen molar-refractivity contribution < 1.29 is 4.74 Å². The maximum Gasteiger partial charge on any atom is 0.159 e. The maximum absolute atomic E-state index is 5.92. The van der Waals surface area contributed by atoms with Crippen molar-refractivity contribution >= 4 is 38.9 Å². The van der Waals surface area contributed by atoms with E-state index in [1.165, 1.54) is 5.56 Å². The monoisotopic (exact) mass is 418 g/mol. The number of fused-ring (bicyclic) bond motifs is 1. The Morgan fingerprint density at radius 2 is 2.20 bits per heavy atom. The summed E-state index contributed by atoms with van der Waals surface area (Å²) in [7, 11) is 1.96. The fourth-order valence-electron chi connectivity index (χ4n) is 2.95. The molecule has 2 aromatic heterocycles. The van der Waals surface area contributed by atoms with Crippen molar-refractivity contribution in [1.29, 1.82) is 0 Å². The molecule has 1 atom stereocenters. The van der Waals surface area contributed by atoms with Crippen molar-refractivity contribution in [2.45, 2.75) is 18.3 Å². The van der Waals surface area contributed by atoms with E-state index in [2.05, 4.69) is 43.3 Å². The van der Waals surface area contributed by atoms with Crippen molar-refractivity contribution in [3.05, 3.63) is 52.4 Å². The molecule has 5 nitrogen and oxygen atoms in total. The van der Waals surface area contributed by atoms with E-state index in [0.717, 1.165) is 46.1 Å². The molecular formula is C18H19BrN4OS. The highest BCUT2D eigenvalue weighted by Gasteiger charge is 2.15. The van der Waals surface area contributed by atoms with Gasteiger partial charge in [-0.1, -0.05) is 12.1 Å². The van der Waals surface area contributed by atoms with Crippen LogP contribution < -0.4 is 10.1 Å². The third-order valence-corrected chi connectivity index (χ3v) is 5.93. The largest absolute Gasteiger partial charge is 0.486 e. The van der Waals surface area contributed by atoms with Crippen LogP contribution in [0.25, 0.3) is 11.2 Å². The zero-order chi connectivity index (χ0) is 17.2. The molecule has 1 saturated heterocycles. The lowest BCUT2D eigenvalue weighted by molar-refractivity contribution is 0.292. The molecule has 0 aliphatic carbocycles. The Labute approximate surface area is 159 Å². The Balaban J connectivity index is 1.41. The summed E-state index contributed by atoms with van der Waals surface area (Å²) in [5.74, 6) is 2.79. The lowest BCUT2D eigenvalue weighted by atomic mass is 10.1. The van der Waals surface area contributed by atoms with Crippen molar-refractivity contribution in [3.63, 3.8) is 0 Å². The van der Waals surface area contributed by atoms with Gasteiger partial charge in [0.25, 0.3) is 0 Å². The molecule has 0 amide bonds. The predicted octanol–water partition coefficient (Wildman–Crippen LogP) is 3.51. The molecule has 3 heterocycles. The molecule has 4 rings (SSSR count). The molecule has 0 saturated carbocycles. The van der Waals surface area contributed by atoms with E-state index in [-0.39, 0.29) is 0 Å². The molecule has 7 heteroatoms. The van der Waals surface area contributed by atoms with Gasteiger partial charge in [-0.25, -0.2) is 9.97 Å². The summed E-state index contributed by atoms with van der Waals surface area (Å²) in [4.78, 5) is 9.02. The van der Waals surface area contributed by atoms with Gasteiger partial charge in [0.05, 0.1) is 0 Å². The number of hydrogen-bond donors (Lipinski definition) is 1. The minimum Gasteiger partial charge on any atom is -0.486 e. The van der Waals surface area contributed by atoms with E-state index in [1.807, 2.05) is 41.6 Å². The summed E-state index contributed by atoms with van der Waals surface area (Å²) < 4.78 is 8.82. The van der Waals surface area contributed by atoms with E-state index in [1.54, 1.807) is 6.20 Å². The third kappa shape index (κ3) is 3.83. The first-order valence-electron chi connectivity index (χ1n) is 8.20. The fraction of sp³-hybridized carbons (Fsp3) is 0.333. The normalized spacial score (nSPS) is 17.3. The van der Waals surface area contributed by atoms with E-state index in [4.69, 9.17) is 4.74 Å². The first-order valence-corrected chi connectivity index (χ1v) is 10.0. The highest BCUT2D eigenvalue weighted by atomic mass is 79.9. The minimum atomic E-state index is 0.423. The van der Waals surface area contributed by atoms with Gasteiger partial charge in [-0.3, -0.25) is 0 Å². The molecule has 1 aromatic carbocycles. The second kappa shape index (κ2) is 7.35. The number of nitrogens with one attached hydrogen (secondary N) is 1. The average Bonchev–Trinajstić information content (AvgIpc) is 3.22. The van der Waals surface area contributed by atoms with Crippen molar-refractivity contribution in [3.8, 4) is 5.75 Å². The number of nitrogens with zero attached hydrogens (tertiary/aromatic N) is 3. The summed E-state index contributed by atoms with van der Waals surface area (Å²) in [5, 5.41) is 4.06. The lowest BCUT2D eigenvalue weighted by Gasteiger charge is -2.09. The van der Waals surface area contributed by atoms with Crippen LogP contribution in [-0.2, 0) is 20.1 Å². The van der Waals surface area contributed by atoms with Crippen LogP contribution in [0.1, 0.15) is 11.4 Å². The smallest absolute Gasteiger partial charge is 0.159 e. The molecule has 1 aliphatic heterocycles. The number of aromatic nitrogens is 3. The van der Waals surface area contributed by atoms with Crippen molar-refractivity contribution in [2.75, 3.05) is 12.4 Å². The van der Waals surface area contributed by atoms with E-state index >= 15 is 0 Å². The highest BCUT2D eigenvalue weighted by molar-refractivity contribution is 9.10. The number of hydrogen-bond acceptors (Lipinski definition) is 5.